The van der Waals surface area contributed by atoms with E-state index in [4.69, 9.17) is 8.85 Å². The summed E-state index contributed by atoms with van der Waals surface area (Å²) in [4.78, 5) is 0. The fourth-order valence-corrected chi connectivity index (χ4v) is 14.1. The molecule has 5 heteroatoms. The van der Waals surface area contributed by atoms with Gasteiger partial charge in [-0.05, 0) is 64.0 Å². The molecule has 3 atom stereocenters. The minimum Gasteiger partial charge on any atom is -0.412 e. The summed E-state index contributed by atoms with van der Waals surface area (Å²) in [6, 6.07) is 0. The van der Waals surface area contributed by atoms with E-state index in [2.05, 4.69) is 94.7 Å². The van der Waals surface area contributed by atoms with Gasteiger partial charge >= 0.3 is 0 Å². The minimum atomic E-state index is -2.09. The Morgan fingerprint density at radius 3 is 1.46 bits per heavy atom. The fourth-order valence-electron chi connectivity index (χ4n) is 3.68. The Labute approximate surface area is 169 Å². The van der Waals surface area contributed by atoms with Crippen LogP contribution in [0.4, 0.5) is 0 Å². The van der Waals surface area contributed by atoms with Crippen molar-refractivity contribution in [1.29, 1.82) is 0 Å². The van der Waals surface area contributed by atoms with Gasteiger partial charge in [-0.1, -0.05) is 61.1 Å². The van der Waals surface area contributed by atoms with Crippen molar-refractivity contribution >= 4 is 24.7 Å². The van der Waals surface area contributed by atoms with E-state index in [1.54, 1.807) is 0 Å². The fraction of sp³-hybridized carbons (Fsp3) is 1.00. The zero-order valence-corrected chi connectivity index (χ0v) is 23.6. The molecule has 0 aromatic rings. The predicted octanol–water partition coefficient (Wildman–Crippen LogP) is 7.76. The molecule has 0 amide bonds. The summed E-state index contributed by atoms with van der Waals surface area (Å²) in [5, 5.41) is -0.134. The molecule has 3 unspecified atom stereocenters. The summed E-state index contributed by atoms with van der Waals surface area (Å²) >= 11 is 0. The molecule has 0 bridgehead atoms. The van der Waals surface area contributed by atoms with Gasteiger partial charge in [0.05, 0.1) is 13.3 Å². The summed E-state index contributed by atoms with van der Waals surface area (Å²) in [5.74, 6) is 0. The van der Waals surface area contributed by atoms with Crippen LogP contribution in [0.15, 0.2) is 0 Å². The first kappa shape index (κ1) is 26.6. The second-order valence-electron chi connectivity index (χ2n) is 10.7. The first-order chi connectivity index (χ1) is 11.5. The molecule has 0 radical (unpaired) electrons. The highest BCUT2D eigenvalue weighted by Crippen LogP contribution is 2.44. The van der Waals surface area contributed by atoms with Crippen LogP contribution in [0.3, 0.4) is 0 Å². The van der Waals surface area contributed by atoms with Crippen LogP contribution in [0.5, 0.6) is 0 Å². The largest absolute Gasteiger partial charge is 0.412 e. The second kappa shape index (κ2) is 8.93. The third kappa shape index (κ3) is 5.34. The van der Waals surface area contributed by atoms with Crippen LogP contribution in [0.25, 0.3) is 0 Å². The van der Waals surface area contributed by atoms with Crippen molar-refractivity contribution in [1.82, 2.24) is 0 Å². The lowest BCUT2D eigenvalue weighted by atomic mass is 10.3. The van der Waals surface area contributed by atoms with E-state index in [-0.39, 0.29) is 10.4 Å². The molecule has 0 aliphatic rings. The maximum Gasteiger partial charge on any atom is 0.216 e. The Balaban J connectivity index is 5.89. The number of rotatable bonds is 11. The van der Waals surface area contributed by atoms with Crippen molar-refractivity contribution < 1.29 is 8.85 Å². The maximum absolute atomic E-state index is 7.24. The van der Waals surface area contributed by atoms with E-state index in [0.717, 1.165) is 18.4 Å². The van der Waals surface area contributed by atoms with Crippen molar-refractivity contribution in [2.45, 2.75) is 135 Å². The minimum absolute atomic E-state index is 0.00146. The van der Waals surface area contributed by atoms with Crippen LogP contribution in [0.1, 0.15) is 74.7 Å². The first-order valence-corrected chi connectivity index (χ1v) is 19.8. The number of hydrogen-bond acceptors (Lipinski definition) is 2. The van der Waals surface area contributed by atoms with Gasteiger partial charge in [0.25, 0.3) is 0 Å². The zero-order chi connectivity index (χ0) is 21.2. The summed E-state index contributed by atoms with van der Waals surface area (Å²) in [6.45, 7) is 33.3. The van der Waals surface area contributed by atoms with Gasteiger partial charge in [-0.25, -0.2) is 0 Å². The summed E-state index contributed by atoms with van der Waals surface area (Å²) in [7, 11) is -5.41. The van der Waals surface area contributed by atoms with E-state index >= 15 is 0 Å². The highest BCUT2D eigenvalue weighted by atomic mass is 28.4. The quantitative estimate of drug-likeness (QED) is 0.319. The molecule has 0 aromatic carbocycles. The third-order valence-electron chi connectivity index (χ3n) is 8.19. The Morgan fingerprint density at radius 1 is 0.731 bits per heavy atom. The predicted molar refractivity (Wildman–Crippen MR) is 127 cm³/mol. The van der Waals surface area contributed by atoms with Gasteiger partial charge in [0.2, 0.25) is 8.32 Å². The highest BCUT2D eigenvalue weighted by molar-refractivity contribution is 6.83. The molecular formula is C21H50O2Si3. The van der Waals surface area contributed by atoms with Crippen molar-refractivity contribution in [3.63, 3.8) is 0 Å². The van der Waals surface area contributed by atoms with Gasteiger partial charge in [-0.15, -0.1) is 0 Å². The third-order valence-corrected chi connectivity index (χ3v) is 22.4. The first-order valence-electron chi connectivity index (χ1n) is 10.9. The van der Waals surface area contributed by atoms with E-state index in [1.165, 1.54) is 6.42 Å². The average molecular weight is 419 g/mol. The molecular weight excluding hydrogens is 368 g/mol. The zero-order valence-electron chi connectivity index (χ0n) is 20.6. The average Bonchev–Trinajstić information content (AvgIpc) is 2.52. The molecule has 26 heavy (non-hydrogen) atoms. The van der Waals surface area contributed by atoms with Crippen LogP contribution in [-0.2, 0) is 8.85 Å². The molecule has 2 nitrogen and oxygen atoms in total. The SMILES string of the molecule is CCC(C)[Si](C)(C)C(C)(CC)O[Si](C)(C)C(C)(CC)O[Si](C)(C)C(C)C. The molecule has 0 aliphatic heterocycles. The van der Waals surface area contributed by atoms with Gasteiger partial charge in [0.1, 0.15) is 0 Å². The second-order valence-corrected chi connectivity index (χ2v) is 25.0. The smallest absolute Gasteiger partial charge is 0.216 e. The summed E-state index contributed by atoms with van der Waals surface area (Å²) in [6.07, 6.45) is 3.37. The van der Waals surface area contributed by atoms with Crippen LogP contribution in [0.2, 0.25) is 50.4 Å². The molecule has 158 valence electrons. The van der Waals surface area contributed by atoms with Gasteiger partial charge in [0.15, 0.2) is 8.32 Å². The Bertz CT molecular complexity index is 449. The van der Waals surface area contributed by atoms with Crippen molar-refractivity contribution in [3.05, 3.63) is 0 Å². The topological polar surface area (TPSA) is 18.5 Å². The van der Waals surface area contributed by atoms with Crippen molar-refractivity contribution in [2.24, 2.45) is 0 Å². The van der Waals surface area contributed by atoms with Crippen LogP contribution < -0.4 is 0 Å². The molecule has 0 saturated carbocycles. The number of hydrogen-bond donors (Lipinski definition) is 0. The van der Waals surface area contributed by atoms with E-state index < -0.39 is 24.7 Å². The maximum atomic E-state index is 7.24. The van der Waals surface area contributed by atoms with Crippen LogP contribution in [-0.4, -0.2) is 35.2 Å². The van der Waals surface area contributed by atoms with Gasteiger partial charge in [-0.2, -0.15) is 0 Å². The Morgan fingerprint density at radius 2 is 1.15 bits per heavy atom. The standard InChI is InChI=1S/C21H50O2Si3/c1-15-19(6)24(9,10)20(7,16-2)23-26(13,14)21(8,17-3)22-25(11,12)18(4)5/h18-19H,15-17H2,1-14H3. The normalized spacial score (nSPS) is 20.0. The lowest BCUT2D eigenvalue weighted by molar-refractivity contribution is 0.0733. The van der Waals surface area contributed by atoms with Gasteiger partial charge < -0.3 is 8.85 Å². The molecule has 0 heterocycles. The van der Waals surface area contributed by atoms with Crippen molar-refractivity contribution in [2.75, 3.05) is 0 Å². The summed E-state index contributed by atoms with van der Waals surface area (Å²) in [5.41, 5.74) is 1.37. The van der Waals surface area contributed by atoms with E-state index in [0.29, 0.717) is 5.54 Å². The molecule has 0 saturated heterocycles. The van der Waals surface area contributed by atoms with Crippen LogP contribution in [0, 0.1) is 0 Å². The lowest BCUT2D eigenvalue weighted by Gasteiger charge is -2.54. The lowest BCUT2D eigenvalue weighted by Crippen LogP contribution is -2.67. The monoisotopic (exact) mass is 418 g/mol. The molecule has 0 spiro atoms. The molecule has 0 rings (SSSR count). The Kier molecular flexibility index (Phi) is 9.13. The van der Waals surface area contributed by atoms with Gasteiger partial charge in [0, 0.05) is 5.22 Å². The van der Waals surface area contributed by atoms with E-state index in [9.17, 15) is 0 Å². The molecule has 0 fully saturated rings. The summed E-state index contributed by atoms with van der Waals surface area (Å²) < 4.78 is 14.2. The molecule has 0 aliphatic carbocycles. The molecule has 0 N–H and O–H groups in total. The van der Waals surface area contributed by atoms with Crippen molar-refractivity contribution in [3.8, 4) is 0 Å². The van der Waals surface area contributed by atoms with Gasteiger partial charge in [-0.3, -0.25) is 0 Å². The Hall–Kier alpha value is 0.571. The van der Waals surface area contributed by atoms with E-state index in [1.807, 2.05) is 0 Å². The molecule has 0 aromatic heterocycles. The highest BCUT2D eigenvalue weighted by Gasteiger charge is 2.55. The van der Waals surface area contributed by atoms with Crippen LogP contribution >= 0.6 is 0 Å².